The van der Waals surface area contributed by atoms with E-state index in [1.54, 1.807) is 0 Å². The van der Waals surface area contributed by atoms with E-state index >= 15 is 0 Å². The Bertz CT molecular complexity index is 334. The predicted molar refractivity (Wildman–Crippen MR) is 51.5 cm³/mol. The molecule has 0 aliphatic carbocycles. The lowest BCUT2D eigenvalue weighted by Gasteiger charge is -2.12. The van der Waals surface area contributed by atoms with Crippen LogP contribution in [0.1, 0.15) is 19.0 Å². The van der Waals surface area contributed by atoms with Crippen molar-refractivity contribution in [3.05, 3.63) is 18.1 Å². The molecule has 0 radical (unpaired) electrons. The van der Waals surface area contributed by atoms with Gasteiger partial charge in [0, 0.05) is 25.0 Å². The Hall–Kier alpha value is -1.67. The molecule has 74 valence electrons. The predicted octanol–water partition coefficient (Wildman–Crippen LogP) is 0.531. The highest BCUT2D eigenvalue weighted by Crippen LogP contribution is 2.08. The lowest BCUT2D eigenvalue weighted by atomic mass is 10.2. The normalized spacial score (nSPS) is 11.8. The molecule has 0 bridgehead atoms. The Balaban J connectivity index is 2.71. The van der Waals surface area contributed by atoms with Crippen LogP contribution in [0.3, 0.4) is 0 Å². The van der Waals surface area contributed by atoms with Crippen molar-refractivity contribution in [3.63, 3.8) is 0 Å². The van der Waals surface area contributed by atoms with Crippen LogP contribution in [-0.4, -0.2) is 27.7 Å². The Labute approximate surface area is 82.4 Å². The number of hydrogen-bond acceptors (Lipinski definition) is 5. The average molecular weight is 192 g/mol. The van der Waals surface area contributed by atoms with Gasteiger partial charge in [-0.3, -0.25) is 0 Å². The summed E-state index contributed by atoms with van der Waals surface area (Å²) in [6, 6.07) is 2.02. The second-order valence-corrected chi connectivity index (χ2v) is 2.92. The van der Waals surface area contributed by atoms with Crippen molar-refractivity contribution >= 4 is 5.82 Å². The molecule has 5 heteroatoms. The summed E-state index contributed by atoms with van der Waals surface area (Å²) in [4.78, 5) is 7.86. The lowest BCUT2D eigenvalue weighted by Crippen LogP contribution is -2.18. The van der Waals surface area contributed by atoms with Crippen LogP contribution < -0.4 is 5.32 Å². The van der Waals surface area contributed by atoms with E-state index in [2.05, 4.69) is 15.3 Å². The fourth-order valence-corrected chi connectivity index (χ4v) is 1.02. The van der Waals surface area contributed by atoms with Gasteiger partial charge in [0.15, 0.2) is 11.5 Å². The van der Waals surface area contributed by atoms with Crippen LogP contribution in [-0.2, 0) is 0 Å². The topological polar surface area (TPSA) is 81.8 Å². The molecule has 0 spiro atoms. The maximum absolute atomic E-state index is 8.72. The van der Waals surface area contributed by atoms with Crippen LogP contribution in [0, 0.1) is 11.3 Å². The van der Waals surface area contributed by atoms with E-state index in [0.29, 0.717) is 12.2 Å². The fourth-order valence-electron chi connectivity index (χ4n) is 1.02. The number of anilines is 1. The van der Waals surface area contributed by atoms with Crippen molar-refractivity contribution in [1.82, 2.24) is 9.97 Å². The molecule has 2 N–H and O–H groups in total. The molecule has 1 aromatic heterocycles. The zero-order valence-corrected chi connectivity index (χ0v) is 7.94. The number of rotatable bonds is 4. The van der Waals surface area contributed by atoms with Crippen LogP contribution in [0.15, 0.2) is 12.4 Å². The zero-order valence-electron chi connectivity index (χ0n) is 7.94. The van der Waals surface area contributed by atoms with Crippen molar-refractivity contribution in [2.24, 2.45) is 0 Å². The summed E-state index contributed by atoms with van der Waals surface area (Å²) in [7, 11) is 0. The van der Waals surface area contributed by atoms with Gasteiger partial charge in [-0.05, 0) is 13.3 Å². The van der Waals surface area contributed by atoms with Crippen LogP contribution in [0.2, 0.25) is 0 Å². The number of aromatic nitrogens is 2. The highest BCUT2D eigenvalue weighted by atomic mass is 16.3. The molecular weight excluding hydrogens is 180 g/mol. The van der Waals surface area contributed by atoms with Crippen molar-refractivity contribution in [3.8, 4) is 6.07 Å². The number of nitrogens with one attached hydrogen (secondary N) is 1. The second-order valence-electron chi connectivity index (χ2n) is 2.92. The van der Waals surface area contributed by atoms with E-state index in [-0.39, 0.29) is 18.3 Å². The largest absolute Gasteiger partial charge is 0.396 e. The van der Waals surface area contributed by atoms with Crippen LogP contribution in [0.25, 0.3) is 0 Å². The van der Waals surface area contributed by atoms with Gasteiger partial charge < -0.3 is 10.4 Å². The van der Waals surface area contributed by atoms with Gasteiger partial charge in [-0.1, -0.05) is 0 Å². The molecule has 14 heavy (non-hydrogen) atoms. The highest BCUT2D eigenvalue weighted by Gasteiger charge is 2.06. The Morgan fingerprint density at radius 2 is 2.29 bits per heavy atom. The summed E-state index contributed by atoms with van der Waals surface area (Å²) in [6.45, 7) is 2.02. The van der Waals surface area contributed by atoms with E-state index in [9.17, 15) is 0 Å². The first kappa shape index (κ1) is 10.4. The first-order valence-corrected chi connectivity index (χ1v) is 4.36. The van der Waals surface area contributed by atoms with E-state index in [1.807, 2.05) is 13.0 Å². The third-order valence-corrected chi connectivity index (χ3v) is 1.75. The van der Waals surface area contributed by atoms with Crippen LogP contribution >= 0.6 is 0 Å². The molecule has 0 amide bonds. The SMILES string of the molecule is CC(CCO)Nc1nccnc1C#N. The third-order valence-electron chi connectivity index (χ3n) is 1.75. The molecule has 0 aliphatic heterocycles. The molecule has 5 nitrogen and oxygen atoms in total. The zero-order chi connectivity index (χ0) is 10.4. The van der Waals surface area contributed by atoms with E-state index in [1.165, 1.54) is 12.4 Å². The van der Waals surface area contributed by atoms with Gasteiger partial charge in [-0.25, -0.2) is 9.97 Å². The van der Waals surface area contributed by atoms with E-state index in [4.69, 9.17) is 10.4 Å². The summed E-state index contributed by atoms with van der Waals surface area (Å²) in [5.74, 6) is 0.468. The molecule has 0 saturated heterocycles. The summed E-state index contributed by atoms with van der Waals surface area (Å²) < 4.78 is 0. The maximum Gasteiger partial charge on any atom is 0.182 e. The lowest BCUT2D eigenvalue weighted by molar-refractivity contribution is 0.282. The minimum absolute atomic E-state index is 0.0730. The van der Waals surface area contributed by atoms with Crippen molar-refractivity contribution in [1.29, 1.82) is 5.26 Å². The molecule has 1 heterocycles. The fraction of sp³-hybridized carbons (Fsp3) is 0.444. The maximum atomic E-state index is 8.72. The monoisotopic (exact) mass is 192 g/mol. The van der Waals surface area contributed by atoms with Gasteiger partial charge in [0.1, 0.15) is 6.07 Å². The Morgan fingerprint density at radius 3 is 2.93 bits per heavy atom. The summed E-state index contributed by atoms with van der Waals surface area (Å²) in [6.07, 6.45) is 3.61. The average Bonchev–Trinajstić information content (AvgIpc) is 2.19. The number of nitriles is 1. The highest BCUT2D eigenvalue weighted by molar-refractivity contribution is 5.47. The van der Waals surface area contributed by atoms with E-state index < -0.39 is 0 Å². The minimum atomic E-state index is 0.0730. The molecule has 0 fully saturated rings. The van der Waals surface area contributed by atoms with Crippen molar-refractivity contribution in [2.45, 2.75) is 19.4 Å². The minimum Gasteiger partial charge on any atom is -0.396 e. The molecule has 1 atom stereocenters. The molecular formula is C9H12N4O. The molecule has 0 aliphatic rings. The smallest absolute Gasteiger partial charge is 0.182 e. The molecule has 1 unspecified atom stereocenters. The van der Waals surface area contributed by atoms with Crippen LogP contribution in [0.5, 0.6) is 0 Å². The molecule has 1 aromatic rings. The Kier molecular flexibility index (Phi) is 3.83. The summed E-state index contributed by atoms with van der Waals surface area (Å²) >= 11 is 0. The molecule has 0 saturated carbocycles. The van der Waals surface area contributed by atoms with Gasteiger partial charge in [0.25, 0.3) is 0 Å². The van der Waals surface area contributed by atoms with Gasteiger partial charge in [-0.2, -0.15) is 5.26 Å². The molecule has 0 aromatic carbocycles. The van der Waals surface area contributed by atoms with Gasteiger partial charge in [0.05, 0.1) is 0 Å². The van der Waals surface area contributed by atoms with Gasteiger partial charge in [0.2, 0.25) is 0 Å². The summed E-state index contributed by atoms with van der Waals surface area (Å²) in [5, 5.41) is 20.4. The first-order chi connectivity index (χ1) is 6.77. The van der Waals surface area contributed by atoms with Crippen molar-refractivity contribution < 1.29 is 5.11 Å². The Morgan fingerprint density at radius 1 is 1.57 bits per heavy atom. The number of nitrogens with zero attached hydrogens (tertiary/aromatic N) is 3. The first-order valence-electron chi connectivity index (χ1n) is 4.36. The van der Waals surface area contributed by atoms with Crippen molar-refractivity contribution in [2.75, 3.05) is 11.9 Å². The van der Waals surface area contributed by atoms with Gasteiger partial charge in [-0.15, -0.1) is 0 Å². The standard InChI is InChI=1S/C9H12N4O/c1-7(2-5-14)13-9-8(6-10)11-3-4-12-9/h3-4,7,14H,2,5H2,1H3,(H,12,13). The van der Waals surface area contributed by atoms with Crippen LogP contribution in [0.4, 0.5) is 5.82 Å². The quantitative estimate of drug-likeness (QED) is 0.727. The van der Waals surface area contributed by atoms with Gasteiger partial charge >= 0.3 is 0 Å². The number of aliphatic hydroxyl groups is 1. The third kappa shape index (κ3) is 2.68. The number of hydrogen-bond donors (Lipinski definition) is 2. The molecule has 1 rings (SSSR count). The number of aliphatic hydroxyl groups excluding tert-OH is 1. The second kappa shape index (κ2) is 5.14. The summed E-state index contributed by atoms with van der Waals surface area (Å²) in [5.41, 5.74) is 0.275. The van der Waals surface area contributed by atoms with E-state index in [0.717, 1.165) is 0 Å².